The molecule has 1 aliphatic heterocycles. The van der Waals surface area contributed by atoms with E-state index in [4.69, 9.17) is 63.0 Å². The molecule has 5 aliphatic rings. The van der Waals surface area contributed by atoms with Crippen LogP contribution in [0.25, 0.3) is 0 Å². The van der Waals surface area contributed by atoms with Crippen LogP contribution in [0.4, 0.5) is 0 Å². The summed E-state index contributed by atoms with van der Waals surface area (Å²) in [7, 11) is 6.46. The predicted octanol–water partition coefficient (Wildman–Crippen LogP) is 23.4. The molecule has 28 heteroatoms. The number of methoxy groups -OCH3 is 4. The van der Waals surface area contributed by atoms with Gasteiger partial charge in [-0.1, -0.05) is 124 Å². The second kappa shape index (κ2) is 52.4. The minimum absolute atomic E-state index is 0.0484. The summed E-state index contributed by atoms with van der Waals surface area (Å²) in [6.07, 6.45) is 6.42. The quantitative estimate of drug-likeness (QED) is 0.00772. The summed E-state index contributed by atoms with van der Waals surface area (Å²) in [5, 5.41) is 77.8. The number of carbonyl (C=O) groups excluding carboxylic acids is 6. The zero-order chi connectivity index (χ0) is 105. The van der Waals surface area contributed by atoms with Crippen LogP contribution in [0.2, 0.25) is 0 Å². The number of carboxylic acids is 1. The zero-order valence-corrected chi connectivity index (χ0v) is 92.1. The Labute approximate surface area is 868 Å². The molecule has 4 saturated carbocycles. The van der Waals surface area contributed by atoms with Crippen molar-refractivity contribution in [2.45, 2.75) is 253 Å². The minimum Gasteiger partial charge on any atom is -0.508 e. The van der Waals surface area contributed by atoms with Crippen molar-refractivity contribution in [3.8, 4) is 75.4 Å². The first-order valence-corrected chi connectivity index (χ1v) is 51.5. The number of Topliss-reactive ketones (excluding diaryl/α,β-unsaturated/α-hetero) is 2. The number of esters is 4. The Morgan fingerprint density at radius 3 is 1.23 bits per heavy atom. The Kier molecular flexibility index (Phi) is 44.2. The van der Waals surface area contributed by atoms with Crippen molar-refractivity contribution in [3.05, 3.63) is 218 Å². The van der Waals surface area contributed by atoms with E-state index in [1.807, 2.05) is 172 Å². The molecule has 4 aliphatic carbocycles. The number of rotatable bonds is 31. The molecule has 140 heavy (non-hydrogen) atoms. The smallest absolute Gasteiger partial charge is 0.315 e. The number of phenolic OH excluding ortho intramolecular Hbond substituents is 5. The summed E-state index contributed by atoms with van der Waals surface area (Å²) in [4.78, 5) is 85.3. The highest BCUT2D eigenvalue weighted by Crippen LogP contribution is 2.64. The Bertz CT molecular complexity index is 5620. The molecule has 6 N–H and O–H groups in total. The molecule has 760 valence electrons. The van der Waals surface area contributed by atoms with Gasteiger partial charge in [0.25, 0.3) is 0 Å². The van der Waals surface area contributed by atoms with E-state index < -0.39 is 44.1 Å². The third kappa shape index (κ3) is 32.0. The van der Waals surface area contributed by atoms with Crippen LogP contribution in [0, 0.1) is 73.5 Å². The number of alkyl halides is 3. The first-order chi connectivity index (χ1) is 65.5. The molecule has 5 atom stereocenters. The number of para-hydroxylation sites is 1. The lowest BCUT2D eigenvalue weighted by molar-refractivity contribution is -0.152. The fraction of sp³-hybridized carbons (Fsp3) is 0.491. The number of halogens is 3. The van der Waals surface area contributed by atoms with Crippen LogP contribution in [0.15, 0.2) is 146 Å². The molecule has 0 aromatic heterocycles. The van der Waals surface area contributed by atoms with Crippen LogP contribution >= 0.6 is 67.8 Å². The van der Waals surface area contributed by atoms with E-state index in [1.54, 1.807) is 96.0 Å². The van der Waals surface area contributed by atoms with Crippen LogP contribution in [-0.4, -0.2) is 152 Å². The molecule has 25 nitrogen and oxygen atoms in total. The molecule has 0 saturated heterocycles. The van der Waals surface area contributed by atoms with Gasteiger partial charge in [0.1, 0.15) is 80.4 Å². The Morgan fingerprint density at radius 2 is 0.821 bits per heavy atom. The SMILES string of the molecule is CC(C)(C(=O)OCCCI)c1cc(O)c([C@@H]2CC(=O)[C@@H]3C[C@H]2C3(C)C)c(O)c1.CC(C)(C(=O)OCCCI)c1cc(O)c2c(c1)OC(C)(C)[C@@H]1CCC(=O)C[C@@H]21.CC(C)(C(=O)OCCCI)c1cc(O)cc(O)c1.COc1cc(C)cc(C(C)(C)C#N)c1.COc1cc(C)cc(C(C)(C)C(=O)O)c1.COc1cc(C)cc(C(C)(C)C(=O)OCCCOc2ccccc2)c1.COc1cc(C)cc(CC#N)c1. The lowest BCUT2D eigenvalue weighted by atomic mass is 9.44. The highest BCUT2D eigenvalue weighted by Gasteiger charge is 2.60. The van der Waals surface area contributed by atoms with Gasteiger partial charge in [0.05, 0.1) is 113 Å². The molecule has 0 radical (unpaired) electrons. The highest BCUT2D eigenvalue weighted by atomic mass is 127. The van der Waals surface area contributed by atoms with Crippen molar-refractivity contribution in [1.82, 2.24) is 0 Å². The first-order valence-electron chi connectivity index (χ1n) is 46.9. The van der Waals surface area contributed by atoms with Gasteiger partial charge in [-0.15, -0.1) is 0 Å². The maximum Gasteiger partial charge on any atom is 0.315 e. The van der Waals surface area contributed by atoms with E-state index in [1.165, 1.54) is 30.3 Å². The predicted molar refractivity (Wildman–Crippen MR) is 568 cm³/mol. The van der Waals surface area contributed by atoms with Gasteiger partial charge < -0.3 is 78.0 Å². The van der Waals surface area contributed by atoms with Crippen LogP contribution < -0.4 is 28.4 Å². The number of fused-ring (bicyclic) bond motifs is 5. The maximum atomic E-state index is 12.6. The van der Waals surface area contributed by atoms with E-state index in [9.17, 15) is 59.1 Å². The van der Waals surface area contributed by atoms with Crippen LogP contribution in [0.1, 0.15) is 253 Å². The number of nitrogens with zero attached hydrogens (tertiary/aromatic N) is 2. The largest absolute Gasteiger partial charge is 0.508 e. The highest BCUT2D eigenvalue weighted by molar-refractivity contribution is 14.1. The van der Waals surface area contributed by atoms with Crippen LogP contribution in [0.5, 0.6) is 63.2 Å². The summed E-state index contributed by atoms with van der Waals surface area (Å²) in [5.41, 5.74) is 5.30. The molecule has 1 heterocycles. The van der Waals surface area contributed by atoms with E-state index in [-0.39, 0.29) is 99.2 Å². The van der Waals surface area contributed by atoms with Gasteiger partial charge in [0.15, 0.2) is 0 Å². The number of aryl methyl sites for hydroxylation is 4. The standard InChI is InChI=1S/2C22H29IO5.C21H26O4.C13H17IO4.C12H15NO.C12H16O3.C10H11NO/c1-21(2,20(26)27-9-5-8-23)13-10-17(25)19-15-12-14(24)6-7-16(15)22(3,4)28-18(19)11-13;1-21(2,20(27)28-7-5-6-23)12-8-17(25)19(18(26)9-12)13-10-16(24)15-11-14(13)22(15,3)4;1-16-13-17(15-19(14-16)23-4)21(2,3)20(22)25-12-8-11-24-18-9-6-5-7-10-18;1-13(2,12(17)18-5-3-4-14)9-6-10(15)8-11(16)7-9;1-9-5-10(12(2,3)8-13)7-11(6-9)14-4;1-8-5-9(7-10(6-8)15-4)12(2,3)11(13)14;1-8-5-9(3-4-11)7-10(6-8)12-2/h10-11,15-16,25H,5-9,12H2,1-4H3;8-9,13-15,25-26H,5-7,10-11H2,1-4H3;5-7,9-10,13-15H,8,11-12H2,1-4H3;6-8,15-16H,3-5H2,1-2H3;5-7H,1-4H3;5-7H,1-4H3,(H,13,14);5-7H,3H2,1-2H3/t15-,16-;13-,14-,15+;;;;;/m11...../s1. The van der Waals surface area contributed by atoms with Crippen molar-refractivity contribution in [2.75, 3.05) is 74.8 Å². The molecule has 0 spiro atoms. The van der Waals surface area contributed by atoms with Gasteiger partial charge in [-0.2, -0.15) is 10.5 Å². The minimum atomic E-state index is -0.998. The van der Waals surface area contributed by atoms with Gasteiger partial charge in [-0.05, 0) is 326 Å². The lowest BCUT2D eigenvalue weighted by Crippen LogP contribution is -2.56. The number of benzene rings is 8. The van der Waals surface area contributed by atoms with E-state index in [0.717, 1.165) is 113 Å². The third-order valence-electron chi connectivity index (χ3n) is 26.2. The van der Waals surface area contributed by atoms with Crippen molar-refractivity contribution >= 4 is 109 Å². The Balaban J connectivity index is 0.000000256. The maximum absolute atomic E-state index is 12.6. The number of carboxylic acid groups (broad SMARTS) is 1. The summed E-state index contributed by atoms with van der Waals surface area (Å²) in [6, 6.07) is 47.7. The number of ketones is 2. The van der Waals surface area contributed by atoms with Crippen LogP contribution in [0.3, 0.4) is 0 Å². The summed E-state index contributed by atoms with van der Waals surface area (Å²) in [6.45, 7) is 39.4. The first kappa shape index (κ1) is 118. The summed E-state index contributed by atoms with van der Waals surface area (Å²) in [5.74, 6) is 2.87. The van der Waals surface area contributed by atoms with Crippen molar-refractivity contribution in [2.24, 2.45) is 23.2 Å². The summed E-state index contributed by atoms with van der Waals surface area (Å²) < 4.78 is 56.7. The average molecular weight is 2270 g/mol. The second-order valence-electron chi connectivity index (χ2n) is 40.0. The summed E-state index contributed by atoms with van der Waals surface area (Å²) >= 11 is 6.69. The topological polar surface area (TPSA) is 381 Å². The Hall–Kier alpha value is -10.6. The second-order valence-corrected chi connectivity index (χ2v) is 43.3. The lowest BCUT2D eigenvalue weighted by Gasteiger charge is -2.59. The van der Waals surface area contributed by atoms with Crippen molar-refractivity contribution in [3.63, 3.8) is 0 Å². The number of hydrogen-bond donors (Lipinski definition) is 6. The molecule has 8 aromatic rings. The van der Waals surface area contributed by atoms with Gasteiger partial charge in [0, 0.05) is 79.8 Å². The third-order valence-corrected chi connectivity index (χ3v) is 28.5. The van der Waals surface area contributed by atoms with Crippen LogP contribution in [-0.2, 0) is 91.4 Å². The number of ether oxygens (including phenoxy) is 10. The van der Waals surface area contributed by atoms with E-state index in [2.05, 4.69) is 93.8 Å². The number of aliphatic carboxylic acids is 1. The van der Waals surface area contributed by atoms with Gasteiger partial charge in [-0.3, -0.25) is 33.6 Å². The molecule has 2 bridgehead atoms. The zero-order valence-electron chi connectivity index (χ0n) is 85.6. The van der Waals surface area contributed by atoms with Crippen molar-refractivity contribution < 1.29 is 112 Å². The van der Waals surface area contributed by atoms with Crippen molar-refractivity contribution in [1.29, 1.82) is 10.5 Å². The normalized spacial score (nSPS) is 16.3. The fourth-order valence-electron chi connectivity index (χ4n) is 17.0. The monoisotopic (exact) mass is 2260 g/mol. The number of carbonyl (C=O) groups is 7. The Morgan fingerprint density at radius 1 is 0.443 bits per heavy atom. The van der Waals surface area contributed by atoms with E-state index >= 15 is 0 Å². The number of nitriles is 2. The van der Waals surface area contributed by atoms with Gasteiger partial charge in [-0.25, -0.2) is 0 Å². The molecule has 4 fully saturated rings. The van der Waals surface area contributed by atoms with E-state index in [0.29, 0.717) is 104 Å². The molecular formula is C112H143I3N2O23. The molecular weight excluding hydrogens is 2120 g/mol. The van der Waals surface area contributed by atoms with Gasteiger partial charge >= 0.3 is 29.8 Å². The number of phenols is 5. The molecule has 0 unspecified atom stereocenters. The molecule has 8 aromatic carbocycles. The average Bonchev–Trinajstić information content (AvgIpc) is 0.717. The van der Waals surface area contributed by atoms with Gasteiger partial charge in [0.2, 0.25) is 0 Å². The molecule has 13 rings (SSSR count). The molecule has 0 amide bonds. The number of hydrogen-bond acceptors (Lipinski definition) is 24. The fourth-order valence-corrected chi connectivity index (χ4v) is 18.0. The number of aromatic hydroxyl groups is 5.